The van der Waals surface area contributed by atoms with E-state index in [0.717, 1.165) is 31.0 Å². The summed E-state index contributed by atoms with van der Waals surface area (Å²) < 4.78 is 43.7. The first-order chi connectivity index (χ1) is 9.86. The highest BCUT2D eigenvalue weighted by molar-refractivity contribution is 7.92. The number of benzene rings is 1. The molecular weight excluding hydrogens is 299 g/mol. The molecule has 1 aromatic rings. The molecular formula is C14H17FO5S. The van der Waals surface area contributed by atoms with Crippen molar-refractivity contribution in [2.24, 2.45) is 0 Å². The van der Waals surface area contributed by atoms with E-state index in [9.17, 15) is 17.6 Å². The summed E-state index contributed by atoms with van der Waals surface area (Å²) in [7, 11) is -2.15. The Morgan fingerprint density at radius 3 is 2.71 bits per heavy atom. The van der Waals surface area contributed by atoms with Crippen molar-refractivity contribution in [1.29, 1.82) is 0 Å². The van der Waals surface area contributed by atoms with Crippen molar-refractivity contribution in [1.82, 2.24) is 0 Å². The fraction of sp³-hybridized carbons (Fsp3) is 0.500. The third kappa shape index (κ3) is 3.24. The van der Waals surface area contributed by atoms with Gasteiger partial charge < -0.3 is 9.84 Å². The first kappa shape index (κ1) is 15.9. The van der Waals surface area contributed by atoms with E-state index in [1.54, 1.807) is 7.11 Å². The summed E-state index contributed by atoms with van der Waals surface area (Å²) in [6, 6.07) is 2.89. The van der Waals surface area contributed by atoms with E-state index in [4.69, 9.17) is 9.84 Å². The van der Waals surface area contributed by atoms with Crippen molar-refractivity contribution < 1.29 is 27.4 Å². The number of carbonyl (C=O) groups is 1. The van der Waals surface area contributed by atoms with Gasteiger partial charge in [0, 0.05) is 7.11 Å². The molecule has 0 radical (unpaired) electrons. The van der Waals surface area contributed by atoms with Gasteiger partial charge in [0.2, 0.25) is 0 Å². The van der Waals surface area contributed by atoms with Crippen LogP contribution in [0.25, 0.3) is 0 Å². The predicted octanol–water partition coefficient (Wildman–Crippen LogP) is 2.26. The zero-order valence-electron chi connectivity index (χ0n) is 11.6. The predicted molar refractivity (Wildman–Crippen MR) is 73.6 cm³/mol. The lowest BCUT2D eigenvalue weighted by Crippen LogP contribution is -2.31. The standard InChI is InChI=1S/C14H17FO5S/c1-20-9-3-2-4-10(7-9)21(18,19)11-5-6-13(15)12(8-11)14(16)17/h5-6,8-10H,2-4,7H2,1H3,(H,16,17). The van der Waals surface area contributed by atoms with Gasteiger partial charge in [-0.1, -0.05) is 0 Å². The summed E-state index contributed by atoms with van der Waals surface area (Å²) in [4.78, 5) is 10.8. The summed E-state index contributed by atoms with van der Waals surface area (Å²) >= 11 is 0. The second-order valence-electron chi connectivity index (χ2n) is 5.14. The smallest absolute Gasteiger partial charge is 0.338 e. The van der Waals surface area contributed by atoms with Crippen LogP contribution in [0.3, 0.4) is 0 Å². The number of carboxylic acids is 1. The lowest BCUT2D eigenvalue weighted by atomic mass is 9.97. The molecule has 5 nitrogen and oxygen atoms in total. The average Bonchev–Trinajstić information content (AvgIpc) is 2.47. The number of hydrogen-bond acceptors (Lipinski definition) is 4. The number of rotatable bonds is 4. The minimum absolute atomic E-state index is 0.113. The highest BCUT2D eigenvalue weighted by Crippen LogP contribution is 2.30. The molecule has 116 valence electrons. The Morgan fingerprint density at radius 1 is 1.38 bits per heavy atom. The molecule has 1 N–H and O–H groups in total. The summed E-state index contributed by atoms with van der Waals surface area (Å²) in [6.45, 7) is 0. The Bertz CT molecular complexity index is 641. The minimum atomic E-state index is -3.69. The number of methoxy groups -OCH3 is 1. The maximum atomic E-state index is 13.4. The van der Waals surface area contributed by atoms with Crippen LogP contribution in [0.2, 0.25) is 0 Å². The number of halogens is 1. The van der Waals surface area contributed by atoms with E-state index in [0.29, 0.717) is 12.8 Å². The highest BCUT2D eigenvalue weighted by Gasteiger charge is 2.33. The molecule has 0 amide bonds. The van der Waals surface area contributed by atoms with Gasteiger partial charge in [-0.3, -0.25) is 0 Å². The van der Waals surface area contributed by atoms with Crippen LogP contribution >= 0.6 is 0 Å². The van der Waals surface area contributed by atoms with E-state index in [-0.39, 0.29) is 11.0 Å². The molecule has 1 aromatic carbocycles. The average molecular weight is 316 g/mol. The van der Waals surface area contributed by atoms with Crippen molar-refractivity contribution in [3.8, 4) is 0 Å². The van der Waals surface area contributed by atoms with Gasteiger partial charge in [0.1, 0.15) is 5.82 Å². The van der Waals surface area contributed by atoms with Gasteiger partial charge in [0.15, 0.2) is 9.84 Å². The molecule has 0 bridgehead atoms. The van der Waals surface area contributed by atoms with Crippen LogP contribution in [0.5, 0.6) is 0 Å². The van der Waals surface area contributed by atoms with Gasteiger partial charge >= 0.3 is 5.97 Å². The fourth-order valence-electron chi connectivity index (χ4n) is 2.64. The zero-order valence-corrected chi connectivity index (χ0v) is 12.4. The molecule has 1 aliphatic carbocycles. The second kappa shape index (κ2) is 6.11. The maximum Gasteiger partial charge on any atom is 0.338 e. The third-order valence-corrected chi connectivity index (χ3v) is 6.06. The number of sulfone groups is 1. The first-order valence-electron chi connectivity index (χ1n) is 6.65. The molecule has 2 atom stereocenters. The molecule has 0 heterocycles. The van der Waals surface area contributed by atoms with E-state index in [1.807, 2.05) is 0 Å². The van der Waals surface area contributed by atoms with Gasteiger partial charge in [0.05, 0.1) is 21.8 Å². The molecule has 0 aromatic heterocycles. The van der Waals surface area contributed by atoms with E-state index < -0.39 is 32.4 Å². The topological polar surface area (TPSA) is 80.7 Å². The molecule has 2 rings (SSSR count). The Kier molecular flexibility index (Phi) is 4.63. The van der Waals surface area contributed by atoms with Crippen LogP contribution < -0.4 is 0 Å². The van der Waals surface area contributed by atoms with Crippen LogP contribution in [-0.4, -0.2) is 38.0 Å². The van der Waals surface area contributed by atoms with Crippen LogP contribution in [0.4, 0.5) is 4.39 Å². The Balaban J connectivity index is 2.35. The summed E-state index contributed by atoms with van der Waals surface area (Å²) in [6.07, 6.45) is 2.31. The molecule has 0 spiro atoms. The Labute approximate surface area is 122 Å². The van der Waals surface area contributed by atoms with Gasteiger partial charge in [-0.05, 0) is 43.9 Å². The van der Waals surface area contributed by atoms with Crippen LogP contribution in [0.15, 0.2) is 23.1 Å². The fourth-order valence-corrected chi connectivity index (χ4v) is 4.51. The summed E-state index contributed by atoms with van der Waals surface area (Å²) in [5.74, 6) is -2.43. The zero-order chi connectivity index (χ0) is 15.6. The Hall–Kier alpha value is -1.47. The van der Waals surface area contributed by atoms with Crippen LogP contribution in [0, 0.1) is 5.82 Å². The maximum absolute atomic E-state index is 13.4. The number of ether oxygens (including phenoxy) is 1. The van der Waals surface area contributed by atoms with E-state index in [2.05, 4.69) is 0 Å². The van der Waals surface area contributed by atoms with Gasteiger partial charge in [-0.2, -0.15) is 0 Å². The number of hydrogen-bond donors (Lipinski definition) is 1. The molecule has 0 saturated heterocycles. The number of aromatic carboxylic acids is 1. The van der Waals surface area contributed by atoms with Gasteiger partial charge in [0.25, 0.3) is 0 Å². The molecule has 21 heavy (non-hydrogen) atoms. The monoisotopic (exact) mass is 316 g/mol. The van der Waals surface area contributed by atoms with Crippen molar-refractivity contribution in [3.63, 3.8) is 0 Å². The summed E-state index contributed by atoms with van der Waals surface area (Å²) in [5, 5.41) is 8.27. The molecule has 7 heteroatoms. The highest BCUT2D eigenvalue weighted by atomic mass is 32.2. The quantitative estimate of drug-likeness (QED) is 0.862. The Morgan fingerprint density at radius 2 is 2.10 bits per heavy atom. The van der Waals surface area contributed by atoms with Crippen molar-refractivity contribution in [3.05, 3.63) is 29.6 Å². The SMILES string of the molecule is COC1CCCC(S(=O)(=O)c2ccc(F)c(C(=O)O)c2)C1. The van der Waals surface area contributed by atoms with Crippen molar-refractivity contribution in [2.45, 2.75) is 41.9 Å². The lowest BCUT2D eigenvalue weighted by Gasteiger charge is -2.28. The third-order valence-electron chi connectivity index (χ3n) is 3.85. The van der Waals surface area contributed by atoms with Gasteiger partial charge in [-0.15, -0.1) is 0 Å². The molecule has 1 fully saturated rings. The van der Waals surface area contributed by atoms with E-state index in [1.165, 1.54) is 0 Å². The molecule has 1 saturated carbocycles. The number of carboxylic acid groups (broad SMARTS) is 1. The van der Waals surface area contributed by atoms with Crippen molar-refractivity contribution in [2.75, 3.05) is 7.11 Å². The van der Waals surface area contributed by atoms with Gasteiger partial charge in [-0.25, -0.2) is 17.6 Å². The van der Waals surface area contributed by atoms with Crippen LogP contribution in [0.1, 0.15) is 36.0 Å². The molecule has 0 aliphatic heterocycles. The normalized spacial score (nSPS) is 23.0. The summed E-state index contributed by atoms with van der Waals surface area (Å²) in [5.41, 5.74) is -0.629. The second-order valence-corrected chi connectivity index (χ2v) is 7.37. The molecule has 1 aliphatic rings. The van der Waals surface area contributed by atoms with Crippen LogP contribution in [-0.2, 0) is 14.6 Å². The largest absolute Gasteiger partial charge is 0.478 e. The molecule has 2 unspecified atom stereocenters. The minimum Gasteiger partial charge on any atom is -0.478 e. The van der Waals surface area contributed by atoms with Crippen molar-refractivity contribution >= 4 is 15.8 Å². The first-order valence-corrected chi connectivity index (χ1v) is 8.20. The lowest BCUT2D eigenvalue weighted by molar-refractivity contribution is 0.0690. The van der Waals surface area contributed by atoms with E-state index >= 15 is 0 Å².